The van der Waals surface area contributed by atoms with Crippen molar-refractivity contribution >= 4 is 11.8 Å². The summed E-state index contributed by atoms with van der Waals surface area (Å²) in [5, 5.41) is 3.05. The molecule has 2 unspecified atom stereocenters. The van der Waals surface area contributed by atoms with E-state index < -0.39 is 0 Å². The van der Waals surface area contributed by atoms with Gasteiger partial charge < -0.3 is 10.2 Å². The molecule has 6 nitrogen and oxygen atoms in total. The predicted octanol–water partition coefficient (Wildman–Crippen LogP) is 2.42. The molecule has 0 radical (unpaired) electrons. The average molecular weight is 382 g/mol. The highest BCUT2D eigenvalue weighted by atomic mass is 19.1. The number of rotatable bonds is 4. The third-order valence-electron chi connectivity index (χ3n) is 5.64. The van der Waals surface area contributed by atoms with E-state index in [0.29, 0.717) is 5.69 Å². The van der Waals surface area contributed by atoms with Crippen molar-refractivity contribution in [3.8, 4) is 0 Å². The zero-order valence-corrected chi connectivity index (χ0v) is 15.8. The lowest BCUT2D eigenvalue weighted by molar-refractivity contribution is -0.135. The molecule has 0 spiro atoms. The van der Waals surface area contributed by atoms with E-state index in [2.05, 4.69) is 15.3 Å². The number of aromatic nitrogens is 2. The van der Waals surface area contributed by atoms with Gasteiger partial charge in [-0.05, 0) is 50.3 Å². The van der Waals surface area contributed by atoms with Crippen LogP contribution in [0.25, 0.3) is 0 Å². The Morgan fingerprint density at radius 2 is 1.79 bits per heavy atom. The second-order valence-electron chi connectivity index (χ2n) is 7.67. The van der Waals surface area contributed by atoms with Crippen molar-refractivity contribution in [1.29, 1.82) is 0 Å². The number of carbonyl (C=O) groups is 2. The van der Waals surface area contributed by atoms with E-state index in [1.807, 2.05) is 11.8 Å². The standard InChI is InChI=1S/C21H23FN4O2/c1-13-11-24-19(12-23-13)21(28)25-16-9-17-6-7-18(10-16)26(17)20(27)8-14-2-4-15(22)5-3-14/h2-5,11-12,16-18H,6-10H2,1H3,(H,25,28). The molecule has 2 atom stereocenters. The number of fused-ring (bicyclic) bond motifs is 2. The lowest BCUT2D eigenvalue weighted by atomic mass is 9.96. The van der Waals surface area contributed by atoms with E-state index >= 15 is 0 Å². The number of aryl methyl sites for hydroxylation is 1. The second kappa shape index (κ2) is 7.66. The molecule has 1 N–H and O–H groups in total. The molecule has 3 heterocycles. The first-order chi connectivity index (χ1) is 13.5. The van der Waals surface area contributed by atoms with Crippen LogP contribution in [0.3, 0.4) is 0 Å². The normalized spacial score (nSPS) is 23.5. The van der Waals surface area contributed by atoms with Crippen LogP contribution in [-0.4, -0.2) is 44.8 Å². The Bertz CT molecular complexity index is 855. The van der Waals surface area contributed by atoms with Gasteiger partial charge in [-0.3, -0.25) is 14.6 Å². The second-order valence-corrected chi connectivity index (χ2v) is 7.67. The molecule has 28 heavy (non-hydrogen) atoms. The van der Waals surface area contributed by atoms with Gasteiger partial charge in [0.2, 0.25) is 5.91 Å². The summed E-state index contributed by atoms with van der Waals surface area (Å²) in [6.07, 6.45) is 6.75. The van der Waals surface area contributed by atoms with E-state index in [0.717, 1.165) is 36.9 Å². The van der Waals surface area contributed by atoms with Crippen LogP contribution in [0, 0.1) is 12.7 Å². The number of nitrogens with zero attached hydrogens (tertiary/aromatic N) is 3. The minimum absolute atomic E-state index is 0.0305. The molecule has 2 bridgehead atoms. The molecule has 2 aliphatic rings. The van der Waals surface area contributed by atoms with E-state index in [9.17, 15) is 14.0 Å². The van der Waals surface area contributed by atoms with Crippen molar-refractivity contribution in [2.75, 3.05) is 0 Å². The van der Waals surface area contributed by atoms with Crippen LogP contribution in [-0.2, 0) is 11.2 Å². The molecule has 7 heteroatoms. The van der Waals surface area contributed by atoms with E-state index in [1.54, 1.807) is 18.3 Å². The minimum atomic E-state index is -0.300. The van der Waals surface area contributed by atoms with Gasteiger partial charge in [-0.1, -0.05) is 12.1 Å². The Balaban J connectivity index is 1.37. The highest BCUT2D eigenvalue weighted by Gasteiger charge is 2.43. The van der Waals surface area contributed by atoms with Gasteiger partial charge >= 0.3 is 0 Å². The largest absolute Gasteiger partial charge is 0.348 e. The average Bonchev–Trinajstić information content (AvgIpc) is 2.95. The fourth-order valence-electron chi connectivity index (χ4n) is 4.34. The van der Waals surface area contributed by atoms with Crippen LogP contribution in [0.2, 0.25) is 0 Å². The number of amides is 2. The lowest BCUT2D eigenvalue weighted by Crippen LogP contribution is -2.52. The Morgan fingerprint density at radius 3 is 2.39 bits per heavy atom. The van der Waals surface area contributed by atoms with E-state index in [4.69, 9.17) is 0 Å². The first-order valence-electron chi connectivity index (χ1n) is 9.64. The number of nitrogens with one attached hydrogen (secondary N) is 1. The molecule has 2 fully saturated rings. The molecule has 0 saturated carbocycles. The first-order valence-corrected chi connectivity index (χ1v) is 9.64. The van der Waals surface area contributed by atoms with Crippen LogP contribution in [0.1, 0.15) is 47.4 Å². The maximum absolute atomic E-state index is 13.1. The van der Waals surface area contributed by atoms with Gasteiger partial charge in [0.05, 0.1) is 18.3 Å². The number of halogens is 1. The summed E-state index contributed by atoms with van der Waals surface area (Å²) >= 11 is 0. The molecule has 2 amide bonds. The van der Waals surface area contributed by atoms with Crippen molar-refractivity contribution in [2.45, 2.75) is 57.2 Å². The molecule has 2 aliphatic heterocycles. The molecular weight excluding hydrogens is 359 g/mol. The van der Waals surface area contributed by atoms with Crippen molar-refractivity contribution in [2.24, 2.45) is 0 Å². The van der Waals surface area contributed by atoms with E-state index in [-0.39, 0.29) is 42.2 Å². The lowest BCUT2D eigenvalue weighted by Gasteiger charge is -2.39. The van der Waals surface area contributed by atoms with E-state index in [1.165, 1.54) is 18.3 Å². The monoisotopic (exact) mass is 382 g/mol. The van der Waals surface area contributed by atoms with Gasteiger partial charge in [-0.2, -0.15) is 0 Å². The smallest absolute Gasteiger partial charge is 0.271 e. The summed E-state index contributed by atoms with van der Waals surface area (Å²) in [5.41, 5.74) is 1.90. The third-order valence-corrected chi connectivity index (χ3v) is 5.64. The van der Waals surface area contributed by atoms with Crippen molar-refractivity contribution in [3.05, 3.63) is 59.4 Å². The number of piperidine rings is 1. The fraction of sp³-hybridized carbons (Fsp3) is 0.429. The molecule has 4 rings (SSSR count). The predicted molar refractivity (Wildman–Crippen MR) is 101 cm³/mol. The topological polar surface area (TPSA) is 75.2 Å². The molecule has 1 aromatic heterocycles. The summed E-state index contributed by atoms with van der Waals surface area (Å²) in [7, 11) is 0. The molecule has 2 aromatic rings. The van der Waals surface area contributed by atoms with Gasteiger partial charge in [0.15, 0.2) is 0 Å². The molecular formula is C21H23FN4O2. The van der Waals surface area contributed by atoms with Crippen molar-refractivity contribution < 1.29 is 14.0 Å². The summed E-state index contributed by atoms with van der Waals surface area (Å²) in [5.74, 6) is -0.442. The van der Waals surface area contributed by atoms with Gasteiger partial charge in [-0.15, -0.1) is 0 Å². The molecule has 1 aromatic carbocycles. The number of hydrogen-bond acceptors (Lipinski definition) is 4. The third kappa shape index (κ3) is 3.88. The van der Waals surface area contributed by atoms with Gasteiger partial charge in [0, 0.05) is 24.3 Å². The van der Waals surface area contributed by atoms with Gasteiger partial charge in [0.25, 0.3) is 5.91 Å². The summed E-state index contributed by atoms with van der Waals surface area (Å²) in [4.78, 5) is 35.5. The number of benzene rings is 1. The van der Waals surface area contributed by atoms with Gasteiger partial charge in [0.1, 0.15) is 11.5 Å². The van der Waals surface area contributed by atoms with Crippen molar-refractivity contribution in [1.82, 2.24) is 20.2 Å². The van der Waals surface area contributed by atoms with Gasteiger partial charge in [-0.25, -0.2) is 9.37 Å². The minimum Gasteiger partial charge on any atom is -0.348 e. The zero-order chi connectivity index (χ0) is 19.7. The fourth-order valence-corrected chi connectivity index (χ4v) is 4.34. The maximum atomic E-state index is 13.1. The molecule has 146 valence electrons. The maximum Gasteiger partial charge on any atom is 0.271 e. The highest BCUT2D eigenvalue weighted by molar-refractivity contribution is 5.92. The Morgan fingerprint density at radius 1 is 1.11 bits per heavy atom. The van der Waals surface area contributed by atoms with Crippen LogP contribution in [0.4, 0.5) is 4.39 Å². The van der Waals surface area contributed by atoms with Crippen LogP contribution < -0.4 is 5.32 Å². The summed E-state index contributed by atoms with van der Waals surface area (Å²) in [6, 6.07) is 6.39. The Labute approximate surface area is 163 Å². The van der Waals surface area contributed by atoms with Crippen LogP contribution in [0.15, 0.2) is 36.7 Å². The van der Waals surface area contributed by atoms with Crippen molar-refractivity contribution in [3.63, 3.8) is 0 Å². The zero-order valence-electron chi connectivity index (χ0n) is 15.8. The molecule has 2 saturated heterocycles. The first kappa shape index (κ1) is 18.5. The summed E-state index contributed by atoms with van der Waals surface area (Å²) < 4.78 is 13.1. The Hall–Kier alpha value is -2.83. The van der Waals surface area contributed by atoms with Crippen LogP contribution in [0.5, 0.6) is 0 Å². The number of hydrogen-bond donors (Lipinski definition) is 1. The molecule has 0 aliphatic carbocycles. The SMILES string of the molecule is Cc1cnc(C(=O)NC2CC3CCC(C2)N3C(=O)Cc2ccc(F)cc2)cn1. The quantitative estimate of drug-likeness (QED) is 0.881. The van der Waals surface area contributed by atoms with Crippen LogP contribution >= 0.6 is 0 Å². The summed E-state index contributed by atoms with van der Waals surface area (Å²) in [6.45, 7) is 1.82. The Kier molecular flexibility index (Phi) is 5.07. The number of carbonyl (C=O) groups excluding carboxylic acids is 2. The highest BCUT2D eigenvalue weighted by Crippen LogP contribution is 2.36.